The molecule has 0 unspecified atom stereocenters. The van der Waals surface area contributed by atoms with E-state index in [2.05, 4.69) is 10.3 Å². The zero-order valence-corrected chi connectivity index (χ0v) is 12.8. The van der Waals surface area contributed by atoms with E-state index in [4.69, 9.17) is 11.6 Å². The van der Waals surface area contributed by atoms with E-state index in [-0.39, 0.29) is 11.7 Å². The monoisotopic (exact) mass is 332 g/mol. The molecule has 6 heteroatoms. The van der Waals surface area contributed by atoms with Gasteiger partial charge in [0.1, 0.15) is 5.82 Å². The third-order valence-corrected chi connectivity index (χ3v) is 4.04. The highest BCUT2D eigenvalue weighted by molar-refractivity contribution is 8.18. The molecule has 1 N–H and O–H groups in total. The van der Waals surface area contributed by atoms with Gasteiger partial charge in [0, 0.05) is 5.02 Å². The van der Waals surface area contributed by atoms with Crippen LogP contribution < -0.4 is 5.32 Å². The maximum Gasteiger partial charge on any atom is 0.264 e. The van der Waals surface area contributed by atoms with E-state index < -0.39 is 0 Å². The third kappa shape index (κ3) is 3.55. The second-order valence-corrected chi connectivity index (χ2v) is 5.98. The van der Waals surface area contributed by atoms with Crippen LogP contribution in [-0.2, 0) is 4.79 Å². The highest BCUT2D eigenvalue weighted by Gasteiger charge is 2.23. The summed E-state index contributed by atoms with van der Waals surface area (Å²) in [5, 5.41) is 3.83. The number of thioether (sulfide) groups is 1. The summed E-state index contributed by atoms with van der Waals surface area (Å²) in [6.07, 6.45) is 1.70. The molecule has 0 spiro atoms. The second-order valence-electron chi connectivity index (χ2n) is 4.51. The van der Waals surface area contributed by atoms with Crippen molar-refractivity contribution in [2.45, 2.75) is 0 Å². The minimum absolute atomic E-state index is 0.220. The lowest BCUT2D eigenvalue weighted by Crippen LogP contribution is -2.19. The SMILES string of the molecule is O=C1NC(=Nc2ccc(Cl)cc2)S/C1=C\c1ccc(F)cc1. The average molecular weight is 333 g/mol. The number of nitrogens with zero attached hydrogens (tertiary/aromatic N) is 1. The van der Waals surface area contributed by atoms with Crippen molar-refractivity contribution in [3.63, 3.8) is 0 Å². The van der Waals surface area contributed by atoms with Crippen LogP contribution >= 0.6 is 23.4 Å². The minimum atomic E-state index is -0.310. The molecular formula is C16H10ClFN2OS. The minimum Gasteiger partial charge on any atom is -0.300 e. The van der Waals surface area contributed by atoms with Crippen LogP contribution in [0.4, 0.5) is 10.1 Å². The van der Waals surface area contributed by atoms with Gasteiger partial charge in [-0.2, -0.15) is 0 Å². The molecule has 3 nitrogen and oxygen atoms in total. The summed E-state index contributed by atoms with van der Waals surface area (Å²) in [6.45, 7) is 0. The first-order chi connectivity index (χ1) is 10.6. The van der Waals surface area contributed by atoms with E-state index in [0.717, 1.165) is 5.56 Å². The molecule has 1 aliphatic rings. The molecule has 0 aliphatic carbocycles. The molecule has 1 fully saturated rings. The van der Waals surface area contributed by atoms with Gasteiger partial charge in [0.15, 0.2) is 5.17 Å². The zero-order chi connectivity index (χ0) is 15.5. The molecule has 22 heavy (non-hydrogen) atoms. The summed E-state index contributed by atoms with van der Waals surface area (Å²) in [5.41, 5.74) is 1.46. The third-order valence-electron chi connectivity index (χ3n) is 2.88. The summed E-state index contributed by atoms with van der Waals surface area (Å²) in [4.78, 5) is 16.8. The Balaban J connectivity index is 1.80. The van der Waals surface area contributed by atoms with Gasteiger partial charge in [-0.15, -0.1) is 0 Å². The molecule has 2 aromatic carbocycles. The van der Waals surface area contributed by atoms with Crippen LogP contribution in [0.5, 0.6) is 0 Å². The van der Waals surface area contributed by atoms with Crippen LogP contribution in [0.1, 0.15) is 5.56 Å². The van der Waals surface area contributed by atoms with Crippen molar-refractivity contribution in [2.24, 2.45) is 4.99 Å². The van der Waals surface area contributed by atoms with Gasteiger partial charge < -0.3 is 5.32 Å². The molecule has 1 aliphatic heterocycles. The smallest absolute Gasteiger partial charge is 0.264 e. The molecule has 1 amide bonds. The topological polar surface area (TPSA) is 41.5 Å². The zero-order valence-electron chi connectivity index (χ0n) is 11.2. The van der Waals surface area contributed by atoms with Crippen molar-refractivity contribution in [1.82, 2.24) is 5.32 Å². The number of aliphatic imine (C=N–C) groups is 1. The fourth-order valence-corrected chi connectivity index (χ4v) is 2.79. The lowest BCUT2D eigenvalue weighted by Gasteiger charge is -1.96. The van der Waals surface area contributed by atoms with E-state index in [9.17, 15) is 9.18 Å². The van der Waals surface area contributed by atoms with Gasteiger partial charge in [-0.1, -0.05) is 23.7 Å². The maximum atomic E-state index is 12.9. The molecule has 0 saturated carbocycles. The van der Waals surface area contributed by atoms with Crippen molar-refractivity contribution in [3.8, 4) is 0 Å². The van der Waals surface area contributed by atoms with Crippen LogP contribution in [-0.4, -0.2) is 11.1 Å². The lowest BCUT2D eigenvalue weighted by molar-refractivity contribution is -0.115. The lowest BCUT2D eigenvalue weighted by atomic mass is 10.2. The highest BCUT2D eigenvalue weighted by Crippen LogP contribution is 2.28. The van der Waals surface area contributed by atoms with Crippen LogP contribution in [0.25, 0.3) is 6.08 Å². The Morgan fingerprint density at radius 1 is 1.09 bits per heavy atom. The van der Waals surface area contributed by atoms with Gasteiger partial charge in [-0.25, -0.2) is 9.38 Å². The molecule has 1 heterocycles. The van der Waals surface area contributed by atoms with Crippen molar-refractivity contribution in [2.75, 3.05) is 0 Å². The summed E-state index contributed by atoms with van der Waals surface area (Å²) in [7, 11) is 0. The molecule has 2 aromatic rings. The molecule has 110 valence electrons. The number of halogens is 2. The number of hydrogen-bond donors (Lipinski definition) is 1. The number of rotatable bonds is 2. The normalized spacial score (nSPS) is 18.0. The summed E-state index contributed by atoms with van der Waals surface area (Å²) in [5.74, 6) is -0.530. The van der Waals surface area contributed by atoms with Crippen molar-refractivity contribution >= 4 is 46.2 Å². The predicted molar refractivity (Wildman–Crippen MR) is 88.7 cm³/mol. The van der Waals surface area contributed by atoms with Crippen molar-refractivity contribution in [1.29, 1.82) is 0 Å². The Labute approximate surface area is 135 Å². The van der Waals surface area contributed by atoms with E-state index in [1.54, 1.807) is 42.5 Å². The number of hydrogen-bond acceptors (Lipinski definition) is 3. The molecule has 0 radical (unpaired) electrons. The molecular weight excluding hydrogens is 323 g/mol. The fourth-order valence-electron chi connectivity index (χ4n) is 1.82. The first-order valence-electron chi connectivity index (χ1n) is 6.41. The van der Waals surface area contributed by atoms with Crippen molar-refractivity contribution in [3.05, 3.63) is 69.8 Å². The first kappa shape index (κ1) is 14.8. The molecule has 0 atom stereocenters. The van der Waals surface area contributed by atoms with Gasteiger partial charge in [-0.3, -0.25) is 4.79 Å². The Hall–Kier alpha value is -2.11. The van der Waals surface area contributed by atoms with E-state index in [0.29, 0.717) is 20.8 Å². The fraction of sp³-hybridized carbons (Fsp3) is 0. The van der Waals surface area contributed by atoms with Crippen LogP contribution in [0.3, 0.4) is 0 Å². The number of nitrogens with one attached hydrogen (secondary N) is 1. The maximum absolute atomic E-state index is 12.9. The van der Waals surface area contributed by atoms with E-state index in [1.165, 1.54) is 23.9 Å². The van der Waals surface area contributed by atoms with Gasteiger partial charge >= 0.3 is 0 Å². The predicted octanol–water partition coefficient (Wildman–Crippen LogP) is 4.37. The first-order valence-corrected chi connectivity index (χ1v) is 7.60. The molecule has 0 bridgehead atoms. The summed E-state index contributed by atoms with van der Waals surface area (Å²) in [6, 6.07) is 12.9. The Kier molecular flexibility index (Phi) is 4.27. The largest absolute Gasteiger partial charge is 0.300 e. The van der Waals surface area contributed by atoms with Crippen LogP contribution in [0.2, 0.25) is 5.02 Å². The van der Waals surface area contributed by atoms with Gasteiger partial charge in [-0.05, 0) is 59.8 Å². The average Bonchev–Trinajstić information content (AvgIpc) is 2.84. The van der Waals surface area contributed by atoms with Gasteiger partial charge in [0.25, 0.3) is 5.91 Å². The molecule has 3 rings (SSSR count). The second kappa shape index (κ2) is 6.34. The highest BCUT2D eigenvalue weighted by atomic mass is 35.5. The van der Waals surface area contributed by atoms with Gasteiger partial charge in [0.05, 0.1) is 10.6 Å². The number of amides is 1. The summed E-state index contributed by atoms with van der Waals surface area (Å²) >= 11 is 7.06. The van der Waals surface area contributed by atoms with Gasteiger partial charge in [0.2, 0.25) is 0 Å². The Morgan fingerprint density at radius 2 is 1.77 bits per heavy atom. The Morgan fingerprint density at radius 3 is 2.45 bits per heavy atom. The molecule has 1 saturated heterocycles. The summed E-state index contributed by atoms with van der Waals surface area (Å²) < 4.78 is 12.9. The number of benzene rings is 2. The van der Waals surface area contributed by atoms with Crippen LogP contribution in [0.15, 0.2) is 58.4 Å². The quantitative estimate of drug-likeness (QED) is 0.830. The van der Waals surface area contributed by atoms with E-state index >= 15 is 0 Å². The number of amidine groups is 1. The number of carbonyl (C=O) groups excluding carboxylic acids is 1. The van der Waals surface area contributed by atoms with Crippen molar-refractivity contribution < 1.29 is 9.18 Å². The standard InChI is InChI=1S/C16H10ClFN2OS/c17-11-3-7-13(8-4-11)19-16-20-15(21)14(22-16)9-10-1-5-12(18)6-2-10/h1-9H,(H,19,20,21)/b14-9-. The number of carbonyl (C=O) groups is 1. The Bertz CT molecular complexity index is 770. The molecule has 0 aromatic heterocycles. The van der Waals surface area contributed by atoms with E-state index in [1.807, 2.05) is 0 Å². The van der Waals surface area contributed by atoms with Crippen LogP contribution in [0, 0.1) is 5.82 Å².